The summed E-state index contributed by atoms with van der Waals surface area (Å²) in [6, 6.07) is 0. The van der Waals surface area contributed by atoms with Gasteiger partial charge in [-0.3, -0.25) is 0 Å². The van der Waals surface area contributed by atoms with Crippen molar-refractivity contribution >= 4 is 6.09 Å². The molecule has 0 fully saturated rings. The van der Waals surface area contributed by atoms with Crippen molar-refractivity contribution in [1.29, 1.82) is 0 Å². The minimum Gasteiger partial charge on any atom is -0.447 e. The fourth-order valence-corrected chi connectivity index (χ4v) is 0.930. The van der Waals surface area contributed by atoms with Crippen LogP contribution in [0, 0.1) is 0 Å². The van der Waals surface area contributed by atoms with E-state index >= 15 is 0 Å². The lowest BCUT2D eigenvalue weighted by Gasteiger charge is -2.02. The van der Waals surface area contributed by atoms with Gasteiger partial charge in [-0.25, -0.2) is 9.78 Å². The van der Waals surface area contributed by atoms with E-state index in [-0.39, 0.29) is 19.8 Å². The Hall–Kier alpha value is -1.56. The standard InChI is InChI=1S/C9H14N2O4/c1-2-7-5-10-8(15-7)6-11-9(13)14-4-3-12/h5,12H,2-4,6H2,1H3,(H,11,13). The second-order valence-corrected chi connectivity index (χ2v) is 2.79. The molecule has 6 heteroatoms. The fourth-order valence-electron chi connectivity index (χ4n) is 0.930. The first-order valence-corrected chi connectivity index (χ1v) is 4.71. The predicted molar refractivity (Wildman–Crippen MR) is 51.2 cm³/mol. The number of aliphatic hydroxyl groups is 1. The maximum absolute atomic E-state index is 10.9. The topological polar surface area (TPSA) is 84.6 Å². The number of nitrogens with zero attached hydrogens (tertiary/aromatic N) is 1. The monoisotopic (exact) mass is 214 g/mol. The Kier molecular flexibility index (Phi) is 4.62. The Bertz CT molecular complexity index is 311. The summed E-state index contributed by atoms with van der Waals surface area (Å²) in [6.45, 7) is 1.93. The van der Waals surface area contributed by atoms with Gasteiger partial charge in [-0.1, -0.05) is 6.92 Å². The van der Waals surface area contributed by atoms with Crippen molar-refractivity contribution in [2.24, 2.45) is 0 Å². The summed E-state index contributed by atoms with van der Waals surface area (Å²) in [5.74, 6) is 1.21. The minimum atomic E-state index is -0.597. The number of oxazole rings is 1. The maximum Gasteiger partial charge on any atom is 0.407 e. The van der Waals surface area contributed by atoms with Crippen LogP contribution in [0.3, 0.4) is 0 Å². The quantitative estimate of drug-likeness (QED) is 0.743. The lowest BCUT2D eigenvalue weighted by molar-refractivity contribution is 0.118. The summed E-state index contributed by atoms with van der Waals surface area (Å²) in [6.07, 6.45) is 1.79. The van der Waals surface area contributed by atoms with Crippen LogP contribution in [0.4, 0.5) is 4.79 Å². The van der Waals surface area contributed by atoms with Crippen LogP contribution in [0.5, 0.6) is 0 Å². The molecule has 0 bridgehead atoms. The van der Waals surface area contributed by atoms with Crippen LogP contribution >= 0.6 is 0 Å². The lowest BCUT2D eigenvalue weighted by atomic mass is 10.4. The molecule has 1 heterocycles. The molecular formula is C9H14N2O4. The summed E-state index contributed by atoms with van der Waals surface area (Å²) in [7, 11) is 0. The Balaban J connectivity index is 2.27. The number of aliphatic hydroxyl groups excluding tert-OH is 1. The van der Waals surface area contributed by atoms with Crippen molar-refractivity contribution in [2.45, 2.75) is 19.9 Å². The summed E-state index contributed by atoms with van der Waals surface area (Å²) < 4.78 is 9.83. The van der Waals surface area contributed by atoms with E-state index < -0.39 is 6.09 Å². The Morgan fingerprint density at radius 1 is 1.73 bits per heavy atom. The average Bonchev–Trinajstić information content (AvgIpc) is 2.71. The van der Waals surface area contributed by atoms with Gasteiger partial charge in [0.25, 0.3) is 0 Å². The average molecular weight is 214 g/mol. The molecule has 0 aliphatic heterocycles. The number of nitrogens with one attached hydrogen (secondary N) is 1. The van der Waals surface area contributed by atoms with Crippen molar-refractivity contribution in [3.63, 3.8) is 0 Å². The Morgan fingerprint density at radius 2 is 2.53 bits per heavy atom. The molecule has 0 atom stereocenters. The molecule has 84 valence electrons. The number of rotatable bonds is 5. The molecule has 1 rings (SSSR count). The molecule has 0 aromatic carbocycles. The molecule has 0 spiro atoms. The summed E-state index contributed by atoms with van der Waals surface area (Å²) in [5.41, 5.74) is 0. The van der Waals surface area contributed by atoms with E-state index in [1.807, 2.05) is 6.92 Å². The number of aromatic nitrogens is 1. The van der Waals surface area contributed by atoms with Gasteiger partial charge in [-0.15, -0.1) is 0 Å². The van der Waals surface area contributed by atoms with Gasteiger partial charge in [0.1, 0.15) is 12.4 Å². The molecule has 0 radical (unpaired) electrons. The van der Waals surface area contributed by atoms with Crippen LogP contribution in [0.2, 0.25) is 0 Å². The Labute approximate surface area is 87.3 Å². The zero-order valence-electron chi connectivity index (χ0n) is 8.52. The van der Waals surface area contributed by atoms with Gasteiger partial charge in [0.2, 0.25) is 5.89 Å². The number of hydrogen-bond acceptors (Lipinski definition) is 5. The number of carbonyl (C=O) groups excluding carboxylic acids is 1. The first-order valence-electron chi connectivity index (χ1n) is 4.71. The highest BCUT2D eigenvalue weighted by Gasteiger charge is 2.05. The van der Waals surface area contributed by atoms with E-state index in [0.717, 1.165) is 12.2 Å². The minimum absolute atomic E-state index is 0.0162. The van der Waals surface area contributed by atoms with Crippen molar-refractivity contribution in [3.8, 4) is 0 Å². The number of amides is 1. The predicted octanol–water partition coefficient (Wildman–Crippen LogP) is 0.456. The van der Waals surface area contributed by atoms with Crippen molar-refractivity contribution in [1.82, 2.24) is 10.3 Å². The number of carbonyl (C=O) groups is 1. The van der Waals surface area contributed by atoms with Gasteiger partial charge < -0.3 is 19.6 Å². The highest BCUT2D eigenvalue weighted by atomic mass is 16.6. The van der Waals surface area contributed by atoms with Gasteiger partial charge in [-0.05, 0) is 0 Å². The van der Waals surface area contributed by atoms with E-state index in [1.165, 1.54) is 0 Å². The van der Waals surface area contributed by atoms with Crippen LogP contribution < -0.4 is 5.32 Å². The van der Waals surface area contributed by atoms with Crippen molar-refractivity contribution in [3.05, 3.63) is 17.8 Å². The second-order valence-electron chi connectivity index (χ2n) is 2.79. The molecule has 0 saturated carbocycles. The van der Waals surface area contributed by atoms with Crippen LogP contribution in [0.15, 0.2) is 10.6 Å². The number of hydrogen-bond donors (Lipinski definition) is 2. The molecule has 1 aromatic heterocycles. The van der Waals surface area contributed by atoms with E-state index in [2.05, 4.69) is 15.0 Å². The molecule has 15 heavy (non-hydrogen) atoms. The molecule has 1 aromatic rings. The molecule has 0 aliphatic rings. The zero-order valence-corrected chi connectivity index (χ0v) is 8.52. The number of alkyl carbamates (subject to hydrolysis) is 1. The third-order valence-electron chi connectivity index (χ3n) is 1.66. The van der Waals surface area contributed by atoms with Crippen molar-refractivity contribution in [2.75, 3.05) is 13.2 Å². The SMILES string of the molecule is CCc1cnc(CNC(=O)OCCO)o1. The third kappa shape index (κ3) is 3.99. The van der Waals surface area contributed by atoms with Crippen LogP contribution in [-0.2, 0) is 17.7 Å². The molecule has 0 saturated heterocycles. The highest BCUT2D eigenvalue weighted by molar-refractivity contribution is 5.66. The van der Waals surface area contributed by atoms with E-state index in [0.29, 0.717) is 5.89 Å². The van der Waals surface area contributed by atoms with Gasteiger partial charge in [0, 0.05) is 6.42 Å². The van der Waals surface area contributed by atoms with E-state index in [1.54, 1.807) is 6.20 Å². The molecule has 1 amide bonds. The van der Waals surface area contributed by atoms with Gasteiger partial charge in [0.05, 0.1) is 19.3 Å². The first-order chi connectivity index (χ1) is 7.26. The third-order valence-corrected chi connectivity index (χ3v) is 1.66. The maximum atomic E-state index is 10.9. The molecular weight excluding hydrogens is 200 g/mol. The molecule has 0 aliphatic carbocycles. The molecule has 0 unspecified atom stereocenters. The number of ether oxygens (including phenoxy) is 1. The summed E-state index contributed by atoms with van der Waals surface area (Å²) >= 11 is 0. The second kappa shape index (κ2) is 6.02. The van der Waals surface area contributed by atoms with E-state index in [4.69, 9.17) is 9.52 Å². The summed E-state index contributed by atoms with van der Waals surface area (Å²) in [4.78, 5) is 14.9. The van der Waals surface area contributed by atoms with Gasteiger partial charge in [-0.2, -0.15) is 0 Å². The summed E-state index contributed by atoms with van der Waals surface area (Å²) in [5, 5.41) is 10.8. The molecule has 2 N–H and O–H groups in total. The first kappa shape index (κ1) is 11.5. The van der Waals surface area contributed by atoms with Gasteiger partial charge >= 0.3 is 6.09 Å². The van der Waals surface area contributed by atoms with Crippen LogP contribution in [0.1, 0.15) is 18.6 Å². The number of aryl methyl sites for hydroxylation is 1. The van der Waals surface area contributed by atoms with Crippen LogP contribution in [0.25, 0.3) is 0 Å². The largest absolute Gasteiger partial charge is 0.447 e. The fraction of sp³-hybridized carbons (Fsp3) is 0.556. The van der Waals surface area contributed by atoms with Gasteiger partial charge in [0.15, 0.2) is 0 Å². The normalized spacial score (nSPS) is 10.0. The Morgan fingerprint density at radius 3 is 3.13 bits per heavy atom. The van der Waals surface area contributed by atoms with E-state index in [9.17, 15) is 4.79 Å². The van der Waals surface area contributed by atoms with Crippen molar-refractivity contribution < 1.29 is 19.1 Å². The smallest absolute Gasteiger partial charge is 0.407 e. The van der Waals surface area contributed by atoms with Crippen LogP contribution in [-0.4, -0.2) is 29.4 Å². The lowest BCUT2D eigenvalue weighted by Crippen LogP contribution is -2.24. The highest BCUT2D eigenvalue weighted by Crippen LogP contribution is 2.03. The zero-order chi connectivity index (χ0) is 11.1. The molecule has 6 nitrogen and oxygen atoms in total.